The largest absolute Gasteiger partial charge is 0.493 e. The Morgan fingerprint density at radius 2 is 2.37 bits per heavy atom. The van der Waals surface area contributed by atoms with Crippen molar-refractivity contribution in [2.75, 3.05) is 25.5 Å². The van der Waals surface area contributed by atoms with Crippen molar-refractivity contribution < 1.29 is 14.6 Å². The first-order valence-electron chi connectivity index (χ1n) is 6.62. The second kappa shape index (κ2) is 5.93. The molecule has 1 heterocycles. The molecule has 1 atom stereocenters. The minimum atomic E-state index is -0.155. The quantitative estimate of drug-likeness (QED) is 0.803. The number of carbonyl (C=O) groups excluding carboxylic acids is 1. The zero-order valence-electron chi connectivity index (χ0n) is 11.1. The molecule has 1 aromatic rings. The van der Waals surface area contributed by atoms with E-state index in [1.807, 2.05) is 6.92 Å². The van der Waals surface area contributed by atoms with E-state index in [9.17, 15) is 9.90 Å². The van der Waals surface area contributed by atoms with Gasteiger partial charge in [-0.1, -0.05) is 6.07 Å². The summed E-state index contributed by atoms with van der Waals surface area (Å²) >= 11 is 0. The first-order valence-corrected chi connectivity index (χ1v) is 6.62. The number of likely N-dealkylation sites (tertiary alicyclic amines) is 1. The van der Waals surface area contributed by atoms with Crippen LogP contribution in [0.3, 0.4) is 0 Å². The summed E-state index contributed by atoms with van der Waals surface area (Å²) in [7, 11) is 0. The highest BCUT2D eigenvalue weighted by Crippen LogP contribution is 2.29. The number of benzene rings is 1. The van der Waals surface area contributed by atoms with E-state index in [1.54, 1.807) is 23.1 Å². The molecule has 1 fully saturated rings. The van der Waals surface area contributed by atoms with E-state index in [-0.39, 0.29) is 18.6 Å². The second-order valence-corrected chi connectivity index (χ2v) is 4.63. The summed E-state index contributed by atoms with van der Waals surface area (Å²) in [5.41, 5.74) is 6.74. The first-order chi connectivity index (χ1) is 9.19. The van der Waals surface area contributed by atoms with Gasteiger partial charge >= 0.3 is 0 Å². The van der Waals surface area contributed by atoms with Crippen LogP contribution in [0.4, 0.5) is 5.69 Å². The smallest absolute Gasteiger partial charge is 0.260 e. The van der Waals surface area contributed by atoms with Gasteiger partial charge in [0.15, 0.2) is 0 Å². The Labute approximate surface area is 113 Å². The van der Waals surface area contributed by atoms with Crippen LogP contribution < -0.4 is 10.5 Å². The van der Waals surface area contributed by atoms with Crippen LogP contribution in [0.1, 0.15) is 30.1 Å². The van der Waals surface area contributed by atoms with Crippen molar-refractivity contribution in [3.8, 4) is 5.75 Å². The molecular formula is C14H20N2O3. The number of ether oxygens (including phenoxy) is 1. The fourth-order valence-electron chi connectivity index (χ4n) is 2.49. The summed E-state index contributed by atoms with van der Waals surface area (Å²) in [5.74, 6) is 0.356. The van der Waals surface area contributed by atoms with Crippen molar-refractivity contribution in [3.05, 3.63) is 23.8 Å². The van der Waals surface area contributed by atoms with Crippen LogP contribution in [0.2, 0.25) is 0 Å². The highest BCUT2D eigenvalue weighted by Gasteiger charge is 2.31. The lowest BCUT2D eigenvalue weighted by molar-refractivity contribution is 0.0674. The van der Waals surface area contributed by atoms with Crippen LogP contribution in [0.5, 0.6) is 5.75 Å². The predicted molar refractivity (Wildman–Crippen MR) is 73.2 cm³/mol. The van der Waals surface area contributed by atoms with Gasteiger partial charge in [-0.15, -0.1) is 0 Å². The number of carbonyl (C=O) groups is 1. The second-order valence-electron chi connectivity index (χ2n) is 4.63. The van der Waals surface area contributed by atoms with E-state index in [4.69, 9.17) is 10.5 Å². The monoisotopic (exact) mass is 264 g/mol. The van der Waals surface area contributed by atoms with Gasteiger partial charge in [-0.3, -0.25) is 4.79 Å². The Balaban J connectivity index is 2.32. The van der Waals surface area contributed by atoms with Crippen molar-refractivity contribution in [1.82, 2.24) is 4.90 Å². The number of hydrogen-bond acceptors (Lipinski definition) is 4. The van der Waals surface area contributed by atoms with Gasteiger partial charge in [0, 0.05) is 12.2 Å². The fourth-order valence-corrected chi connectivity index (χ4v) is 2.49. The molecule has 1 unspecified atom stereocenters. The molecule has 0 spiro atoms. The summed E-state index contributed by atoms with van der Waals surface area (Å²) in [6, 6.07) is 5.10. The molecule has 1 amide bonds. The molecule has 1 aliphatic rings. The minimum Gasteiger partial charge on any atom is -0.493 e. The lowest BCUT2D eigenvalue weighted by atomic mass is 10.1. The third-order valence-corrected chi connectivity index (χ3v) is 3.42. The van der Waals surface area contributed by atoms with Crippen LogP contribution in [-0.2, 0) is 0 Å². The Kier molecular flexibility index (Phi) is 4.27. The van der Waals surface area contributed by atoms with E-state index in [1.165, 1.54) is 0 Å². The topological polar surface area (TPSA) is 75.8 Å². The predicted octanol–water partition coefficient (Wildman–Crippen LogP) is 1.26. The van der Waals surface area contributed by atoms with Gasteiger partial charge in [0.25, 0.3) is 5.91 Å². The highest BCUT2D eigenvalue weighted by molar-refractivity contribution is 6.02. The lowest BCUT2D eigenvalue weighted by Gasteiger charge is -2.24. The average Bonchev–Trinajstić information content (AvgIpc) is 2.87. The lowest BCUT2D eigenvalue weighted by Crippen LogP contribution is -2.38. The SMILES string of the molecule is CCOc1cccc(N)c1C(=O)N1CCCC1CO. The maximum atomic E-state index is 12.6. The van der Waals surface area contributed by atoms with E-state index >= 15 is 0 Å². The van der Waals surface area contributed by atoms with Crippen LogP contribution in [-0.4, -0.2) is 41.7 Å². The van der Waals surface area contributed by atoms with Crippen molar-refractivity contribution in [2.45, 2.75) is 25.8 Å². The summed E-state index contributed by atoms with van der Waals surface area (Å²) in [6.07, 6.45) is 1.74. The highest BCUT2D eigenvalue weighted by atomic mass is 16.5. The molecule has 0 radical (unpaired) electrons. The molecule has 0 bridgehead atoms. The molecule has 5 heteroatoms. The molecule has 19 heavy (non-hydrogen) atoms. The maximum absolute atomic E-state index is 12.6. The number of hydrogen-bond donors (Lipinski definition) is 2. The van der Waals surface area contributed by atoms with E-state index < -0.39 is 0 Å². The van der Waals surface area contributed by atoms with Crippen LogP contribution in [0.15, 0.2) is 18.2 Å². The van der Waals surface area contributed by atoms with Crippen molar-refractivity contribution in [1.29, 1.82) is 0 Å². The molecule has 0 saturated carbocycles. The third-order valence-electron chi connectivity index (χ3n) is 3.42. The fraction of sp³-hybridized carbons (Fsp3) is 0.500. The molecule has 104 valence electrons. The first kappa shape index (κ1) is 13.7. The molecule has 1 aromatic carbocycles. The molecular weight excluding hydrogens is 244 g/mol. The molecule has 1 aliphatic heterocycles. The summed E-state index contributed by atoms with van der Waals surface area (Å²) < 4.78 is 5.48. The average molecular weight is 264 g/mol. The van der Waals surface area contributed by atoms with Crippen LogP contribution >= 0.6 is 0 Å². The summed E-state index contributed by atoms with van der Waals surface area (Å²) in [4.78, 5) is 14.3. The van der Waals surface area contributed by atoms with Gasteiger partial charge in [-0.05, 0) is 31.9 Å². The summed E-state index contributed by atoms with van der Waals surface area (Å²) in [5, 5.41) is 9.32. The molecule has 1 saturated heterocycles. The molecule has 0 aliphatic carbocycles. The zero-order valence-corrected chi connectivity index (χ0v) is 11.1. The molecule has 5 nitrogen and oxygen atoms in total. The molecule has 0 aromatic heterocycles. The number of aliphatic hydroxyl groups excluding tert-OH is 1. The Morgan fingerprint density at radius 1 is 1.58 bits per heavy atom. The Bertz CT molecular complexity index is 462. The van der Waals surface area contributed by atoms with Gasteiger partial charge in [-0.25, -0.2) is 0 Å². The number of nitrogens with two attached hydrogens (primary N) is 1. The van der Waals surface area contributed by atoms with Crippen molar-refractivity contribution in [2.24, 2.45) is 0 Å². The van der Waals surface area contributed by atoms with E-state index in [2.05, 4.69) is 0 Å². The molecule has 3 N–H and O–H groups in total. The number of amides is 1. The zero-order chi connectivity index (χ0) is 13.8. The van der Waals surface area contributed by atoms with Crippen molar-refractivity contribution >= 4 is 11.6 Å². The number of nitrogen functional groups attached to an aromatic ring is 1. The number of anilines is 1. The normalized spacial score (nSPS) is 18.6. The van der Waals surface area contributed by atoms with Crippen LogP contribution in [0.25, 0.3) is 0 Å². The van der Waals surface area contributed by atoms with E-state index in [0.29, 0.717) is 30.2 Å². The number of nitrogens with zero attached hydrogens (tertiary/aromatic N) is 1. The standard InChI is InChI=1S/C14H20N2O3/c1-2-19-12-7-3-6-11(15)13(12)14(18)16-8-4-5-10(16)9-17/h3,6-7,10,17H,2,4-5,8-9,15H2,1H3. The minimum absolute atomic E-state index is 0.0115. The third kappa shape index (κ3) is 2.66. The summed E-state index contributed by atoms with van der Waals surface area (Å²) in [6.45, 7) is 2.99. The van der Waals surface area contributed by atoms with Gasteiger partial charge in [-0.2, -0.15) is 0 Å². The number of aliphatic hydroxyl groups is 1. The molecule has 2 rings (SSSR count). The Morgan fingerprint density at radius 3 is 3.05 bits per heavy atom. The van der Waals surface area contributed by atoms with E-state index in [0.717, 1.165) is 12.8 Å². The van der Waals surface area contributed by atoms with Crippen molar-refractivity contribution in [3.63, 3.8) is 0 Å². The maximum Gasteiger partial charge on any atom is 0.260 e. The van der Waals surface area contributed by atoms with Gasteiger partial charge in [0.1, 0.15) is 11.3 Å². The Hall–Kier alpha value is -1.75. The van der Waals surface area contributed by atoms with Crippen LogP contribution in [0, 0.1) is 0 Å². The van der Waals surface area contributed by atoms with Gasteiger partial charge in [0.05, 0.1) is 19.3 Å². The van der Waals surface area contributed by atoms with Gasteiger partial charge in [0.2, 0.25) is 0 Å². The number of rotatable bonds is 4. The van der Waals surface area contributed by atoms with Gasteiger partial charge < -0.3 is 20.5 Å².